The van der Waals surface area contributed by atoms with Crippen LogP contribution in [0.2, 0.25) is 0 Å². The van der Waals surface area contributed by atoms with Crippen molar-refractivity contribution in [2.75, 3.05) is 38.7 Å². The lowest BCUT2D eigenvalue weighted by molar-refractivity contribution is -0.134. The first-order chi connectivity index (χ1) is 10.7. The molecule has 128 valence electrons. The molecular weight excluding hydrogens is 296 g/mol. The summed E-state index contributed by atoms with van der Waals surface area (Å²) in [5.74, 6) is 2.26. The minimum atomic E-state index is 0.259. The highest BCUT2D eigenvalue weighted by atomic mass is 32.2. The fourth-order valence-electron chi connectivity index (χ4n) is 2.70. The van der Waals surface area contributed by atoms with Crippen molar-refractivity contribution in [1.82, 2.24) is 15.5 Å². The van der Waals surface area contributed by atoms with E-state index < -0.39 is 0 Å². The summed E-state index contributed by atoms with van der Waals surface area (Å²) < 4.78 is 0. The maximum atomic E-state index is 12.2. The van der Waals surface area contributed by atoms with Crippen LogP contribution in [0, 0.1) is 0 Å². The molecule has 1 saturated heterocycles. The van der Waals surface area contributed by atoms with Crippen LogP contribution in [0.25, 0.3) is 0 Å². The Bertz CT molecular complexity index is 349. The van der Waals surface area contributed by atoms with Gasteiger partial charge >= 0.3 is 0 Å². The first kappa shape index (κ1) is 19.1. The van der Waals surface area contributed by atoms with Crippen molar-refractivity contribution in [3.05, 3.63) is 0 Å². The van der Waals surface area contributed by atoms with E-state index in [1.165, 1.54) is 18.6 Å². The zero-order valence-electron chi connectivity index (χ0n) is 14.4. The summed E-state index contributed by atoms with van der Waals surface area (Å²) in [7, 11) is 1.77. The van der Waals surface area contributed by atoms with Crippen LogP contribution in [0.3, 0.4) is 0 Å². The molecular formula is C16H32N4OS. The maximum absolute atomic E-state index is 12.2. The second-order valence-electron chi connectivity index (χ2n) is 5.81. The molecule has 1 aliphatic heterocycles. The Morgan fingerprint density at radius 1 is 1.27 bits per heavy atom. The van der Waals surface area contributed by atoms with Crippen LogP contribution in [-0.2, 0) is 4.79 Å². The number of rotatable bonds is 8. The summed E-state index contributed by atoms with van der Waals surface area (Å²) in [5, 5.41) is 6.53. The molecule has 1 amide bonds. The summed E-state index contributed by atoms with van der Waals surface area (Å²) in [6, 6.07) is 0.398. The number of carbonyl (C=O) groups is 1. The molecule has 0 spiro atoms. The standard InChI is InChI=1S/C16H32N4OS/c1-14-8-4-6-12-20(14)15(21)9-11-19-16(17-2)18-10-5-7-13-22-3/h14H,4-13H2,1-3H3,(H2,17,18,19). The van der Waals surface area contributed by atoms with Gasteiger partial charge in [-0.05, 0) is 51.0 Å². The van der Waals surface area contributed by atoms with Gasteiger partial charge in [0, 0.05) is 39.1 Å². The fourth-order valence-corrected chi connectivity index (χ4v) is 3.19. The van der Waals surface area contributed by atoms with E-state index in [0.717, 1.165) is 38.3 Å². The van der Waals surface area contributed by atoms with E-state index in [4.69, 9.17) is 0 Å². The molecule has 2 N–H and O–H groups in total. The Balaban J connectivity index is 2.16. The molecule has 1 unspecified atom stereocenters. The monoisotopic (exact) mass is 328 g/mol. The maximum Gasteiger partial charge on any atom is 0.224 e. The second kappa shape index (κ2) is 11.6. The van der Waals surface area contributed by atoms with Crippen molar-refractivity contribution in [2.24, 2.45) is 4.99 Å². The molecule has 0 aromatic rings. The van der Waals surface area contributed by atoms with Crippen LogP contribution < -0.4 is 10.6 Å². The van der Waals surface area contributed by atoms with Crippen LogP contribution in [0.4, 0.5) is 0 Å². The normalized spacial score (nSPS) is 19.1. The smallest absolute Gasteiger partial charge is 0.224 e. The van der Waals surface area contributed by atoms with E-state index in [1.807, 2.05) is 16.7 Å². The van der Waals surface area contributed by atoms with Gasteiger partial charge in [-0.3, -0.25) is 9.79 Å². The number of nitrogens with zero attached hydrogens (tertiary/aromatic N) is 2. The van der Waals surface area contributed by atoms with Crippen LogP contribution in [0.1, 0.15) is 45.4 Å². The number of hydrogen-bond acceptors (Lipinski definition) is 3. The summed E-state index contributed by atoms with van der Waals surface area (Å²) in [6.45, 7) is 4.64. The second-order valence-corrected chi connectivity index (χ2v) is 6.79. The molecule has 1 atom stereocenters. The highest BCUT2D eigenvalue weighted by Crippen LogP contribution is 2.16. The molecule has 0 bridgehead atoms. The SMILES string of the molecule is CN=C(NCCCCSC)NCCC(=O)N1CCCCC1C. The third kappa shape index (κ3) is 7.38. The van der Waals surface area contributed by atoms with Gasteiger partial charge in [-0.2, -0.15) is 11.8 Å². The molecule has 22 heavy (non-hydrogen) atoms. The van der Waals surface area contributed by atoms with Crippen molar-refractivity contribution in [1.29, 1.82) is 0 Å². The fraction of sp³-hybridized carbons (Fsp3) is 0.875. The van der Waals surface area contributed by atoms with Crippen LogP contribution in [0.15, 0.2) is 4.99 Å². The number of aliphatic imine (C=N–C) groups is 1. The number of carbonyl (C=O) groups excluding carboxylic acids is 1. The summed E-state index contributed by atoms with van der Waals surface area (Å²) in [6.07, 6.45) is 8.56. The van der Waals surface area contributed by atoms with E-state index >= 15 is 0 Å². The molecule has 0 aliphatic carbocycles. The van der Waals surface area contributed by atoms with Crippen LogP contribution in [-0.4, -0.2) is 61.5 Å². The van der Waals surface area contributed by atoms with Crippen molar-refractivity contribution in [2.45, 2.75) is 51.5 Å². The minimum Gasteiger partial charge on any atom is -0.356 e. The van der Waals surface area contributed by atoms with E-state index in [-0.39, 0.29) is 5.91 Å². The Morgan fingerprint density at radius 2 is 2.05 bits per heavy atom. The number of thioether (sulfide) groups is 1. The zero-order chi connectivity index (χ0) is 16.2. The average Bonchev–Trinajstić information content (AvgIpc) is 2.53. The minimum absolute atomic E-state index is 0.259. The molecule has 1 aliphatic rings. The largest absolute Gasteiger partial charge is 0.356 e. The van der Waals surface area contributed by atoms with Gasteiger partial charge < -0.3 is 15.5 Å². The quantitative estimate of drug-likeness (QED) is 0.407. The lowest BCUT2D eigenvalue weighted by Gasteiger charge is -2.33. The number of hydrogen-bond donors (Lipinski definition) is 2. The Morgan fingerprint density at radius 3 is 2.73 bits per heavy atom. The van der Waals surface area contributed by atoms with Gasteiger partial charge in [-0.25, -0.2) is 0 Å². The molecule has 0 radical (unpaired) electrons. The predicted molar refractivity (Wildman–Crippen MR) is 96.6 cm³/mol. The number of likely N-dealkylation sites (tertiary alicyclic amines) is 1. The number of piperidine rings is 1. The average molecular weight is 329 g/mol. The van der Waals surface area contributed by atoms with E-state index in [9.17, 15) is 4.79 Å². The number of unbranched alkanes of at least 4 members (excludes halogenated alkanes) is 1. The van der Waals surface area contributed by atoms with Gasteiger partial charge in [0.2, 0.25) is 5.91 Å². The molecule has 0 aromatic carbocycles. The highest BCUT2D eigenvalue weighted by Gasteiger charge is 2.22. The Labute approximate surface area is 139 Å². The van der Waals surface area contributed by atoms with Crippen LogP contribution >= 0.6 is 11.8 Å². The number of guanidine groups is 1. The molecule has 0 saturated carbocycles. The first-order valence-corrected chi connectivity index (χ1v) is 9.81. The molecule has 1 fully saturated rings. The molecule has 5 nitrogen and oxygen atoms in total. The number of nitrogens with one attached hydrogen (secondary N) is 2. The van der Waals surface area contributed by atoms with Crippen molar-refractivity contribution in [3.8, 4) is 0 Å². The van der Waals surface area contributed by atoms with Crippen molar-refractivity contribution >= 4 is 23.6 Å². The van der Waals surface area contributed by atoms with E-state index in [1.54, 1.807) is 7.05 Å². The van der Waals surface area contributed by atoms with Gasteiger partial charge in [-0.15, -0.1) is 0 Å². The van der Waals surface area contributed by atoms with Crippen LogP contribution in [0.5, 0.6) is 0 Å². The van der Waals surface area contributed by atoms with Gasteiger partial charge in [0.1, 0.15) is 0 Å². The summed E-state index contributed by atoms with van der Waals surface area (Å²) in [5.41, 5.74) is 0. The Kier molecular flexibility index (Phi) is 10.1. The third-order valence-corrected chi connectivity index (χ3v) is 4.74. The first-order valence-electron chi connectivity index (χ1n) is 8.42. The summed E-state index contributed by atoms with van der Waals surface area (Å²) >= 11 is 1.88. The number of amides is 1. The predicted octanol–water partition coefficient (Wildman–Crippen LogP) is 2.09. The van der Waals surface area contributed by atoms with E-state index in [2.05, 4.69) is 28.8 Å². The van der Waals surface area contributed by atoms with Crippen molar-refractivity contribution < 1.29 is 4.79 Å². The molecule has 1 rings (SSSR count). The lowest BCUT2D eigenvalue weighted by Crippen LogP contribution is -2.44. The lowest BCUT2D eigenvalue weighted by atomic mass is 10.0. The van der Waals surface area contributed by atoms with Gasteiger partial charge in [0.05, 0.1) is 0 Å². The van der Waals surface area contributed by atoms with Gasteiger partial charge in [0.25, 0.3) is 0 Å². The van der Waals surface area contributed by atoms with E-state index in [0.29, 0.717) is 19.0 Å². The highest BCUT2D eigenvalue weighted by molar-refractivity contribution is 7.98. The molecule has 6 heteroatoms. The molecule has 1 heterocycles. The molecule has 0 aromatic heterocycles. The van der Waals surface area contributed by atoms with Gasteiger partial charge in [0.15, 0.2) is 5.96 Å². The Hall–Kier alpha value is -0.910. The topological polar surface area (TPSA) is 56.7 Å². The summed E-state index contributed by atoms with van der Waals surface area (Å²) in [4.78, 5) is 18.5. The van der Waals surface area contributed by atoms with Gasteiger partial charge in [-0.1, -0.05) is 0 Å². The zero-order valence-corrected chi connectivity index (χ0v) is 15.2. The van der Waals surface area contributed by atoms with Crippen molar-refractivity contribution in [3.63, 3.8) is 0 Å². The third-order valence-electron chi connectivity index (χ3n) is 4.05.